The van der Waals surface area contributed by atoms with Crippen LogP contribution in [0.4, 0.5) is 0 Å². The quantitative estimate of drug-likeness (QED) is 0.222. The molecule has 0 spiro atoms. The Morgan fingerprint density at radius 3 is 2.00 bits per heavy atom. The first-order valence-electron chi connectivity index (χ1n) is 12.9. The van der Waals surface area contributed by atoms with Gasteiger partial charge in [-0.1, -0.05) is 39.0 Å². The average Bonchev–Trinajstić information content (AvgIpc) is 3.20. The number of hydrogen-bond acceptors (Lipinski definition) is 7. The fourth-order valence-corrected chi connectivity index (χ4v) is 4.94. The lowest BCUT2D eigenvalue weighted by atomic mass is 9.84. The summed E-state index contributed by atoms with van der Waals surface area (Å²) in [4.78, 5) is 28.5. The Bertz CT molecular complexity index is 1450. The Kier molecular flexibility index (Phi) is 8.09. The van der Waals surface area contributed by atoms with Gasteiger partial charge in [-0.25, -0.2) is 0 Å². The van der Waals surface area contributed by atoms with E-state index in [-0.39, 0.29) is 23.3 Å². The van der Waals surface area contributed by atoms with Crippen molar-refractivity contribution < 1.29 is 33.6 Å². The molecule has 0 radical (unpaired) electrons. The zero-order chi connectivity index (χ0) is 29.2. The normalized spacial score (nSPS) is 16.7. The second kappa shape index (κ2) is 11.3. The summed E-state index contributed by atoms with van der Waals surface area (Å²) >= 11 is 0. The van der Waals surface area contributed by atoms with E-state index < -0.39 is 17.7 Å². The number of rotatable bonds is 8. The Hall–Kier alpha value is -4.46. The third-order valence-corrected chi connectivity index (χ3v) is 7.06. The second-order valence-electron chi connectivity index (χ2n) is 10.6. The van der Waals surface area contributed by atoms with E-state index in [4.69, 9.17) is 18.9 Å². The minimum absolute atomic E-state index is 0.00393. The van der Waals surface area contributed by atoms with Crippen molar-refractivity contribution in [3.63, 3.8) is 0 Å². The number of ether oxygens (including phenoxy) is 4. The van der Waals surface area contributed by atoms with Crippen LogP contribution in [0.1, 0.15) is 49.1 Å². The molecule has 3 aromatic carbocycles. The molecule has 1 heterocycles. The first-order chi connectivity index (χ1) is 19.0. The summed E-state index contributed by atoms with van der Waals surface area (Å²) < 4.78 is 21.7. The van der Waals surface area contributed by atoms with E-state index in [1.165, 1.54) is 19.1 Å². The number of hydrogen-bond donors (Lipinski definition) is 1. The number of benzene rings is 3. The number of amides is 1. The molecule has 1 fully saturated rings. The monoisotopic (exact) mass is 545 g/mol. The van der Waals surface area contributed by atoms with Gasteiger partial charge in [0.25, 0.3) is 11.7 Å². The summed E-state index contributed by atoms with van der Waals surface area (Å²) in [5.74, 6) is 0.554. The molecule has 1 amide bonds. The van der Waals surface area contributed by atoms with E-state index in [2.05, 4.69) is 0 Å². The highest BCUT2D eigenvalue weighted by molar-refractivity contribution is 6.46. The van der Waals surface area contributed by atoms with E-state index in [1.807, 2.05) is 32.9 Å². The van der Waals surface area contributed by atoms with E-state index in [0.717, 1.165) is 11.1 Å². The summed E-state index contributed by atoms with van der Waals surface area (Å²) in [6, 6.07) is 16.8. The van der Waals surface area contributed by atoms with Gasteiger partial charge in [0.05, 0.1) is 40.1 Å². The molecule has 0 aliphatic carbocycles. The van der Waals surface area contributed by atoms with Gasteiger partial charge in [-0.2, -0.15) is 0 Å². The predicted molar refractivity (Wildman–Crippen MR) is 152 cm³/mol. The SMILES string of the molecule is COc1ccc(CN2C(=O)C(=O)/C(=C(/O)c3ccc(OC)c(C(C)(C)C)c3)C2c2ccc(OC)c(OC)c2)cc1. The maximum atomic E-state index is 13.6. The molecule has 8 heteroatoms. The van der Waals surface area contributed by atoms with Crippen LogP contribution in [0.15, 0.2) is 66.2 Å². The van der Waals surface area contributed by atoms with Crippen LogP contribution in [0.3, 0.4) is 0 Å². The van der Waals surface area contributed by atoms with Crippen molar-refractivity contribution >= 4 is 17.4 Å². The zero-order valence-electron chi connectivity index (χ0n) is 23.9. The van der Waals surface area contributed by atoms with Gasteiger partial charge in [0.15, 0.2) is 11.5 Å². The lowest BCUT2D eigenvalue weighted by Crippen LogP contribution is -2.29. The average molecular weight is 546 g/mol. The predicted octanol–water partition coefficient (Wildman–Crippen LogP) is 5.64. The number of ketones is 1. The molecule has 40 heavy (non-hydrogen) atoms. The van der Waals surface area contributed by atoms with E-state index >= 15 is 0 Å². The molecule has 0 bridgehead atoms. The van der Waals surface area contributed by atoms with Crippen LogP contribution in [0.25, 0.3) is 5.76 Å². The minimum atomic E-state index is -0.873. The summed E-state index contributed by atoms with van der Waals surface area (Å²) in [5.41, 5.74) is 2.36. The third-order valence-electron chi connectivity index (χ3n) is 7.06. The molecular formula is C32H35NO7. The number of aliphatic hydroxyl groups is 1. The highest BCUT2D eigenvalue weighted by Gasteiger charge is 2.46. The Labute approximate surface area is 234 Å². The van der Waals surface area contributed by atoms with Gasteiger partial charge in [0.1, 0.15) is 17.3 Å². The van der Waals surface area contributed by atoms with Crippen molar-refractivity contribution in [1.82, 2.24) is 4.90 Å². The van der Waals surface area contributed by atoms with Crippen LogP contribution in [-0.4, -0.2) is 50.1 Å². The second-order valence-corrected chi connectivity index (χ2v) is 10.6. The third kappa shape index (κ3) is 5.34. The van der Waals surface area contributed by atoms with Crippen molar-refractivity contribution in [3.05, 3.63) is 88.5 Å². The highest BCUT2D eigenvalue weighted by atomic mass is 16.5. The van der Waals surface area contributed by atoms with Crippen LogP contribution in [0, 0.1) is 0 Å². The molecule has 1 unspecified atom stereocenters. The first-order valence-corrected chi connectivity index (χ1v) is 12.9. The maximum absolute atomic E-state index is 13.6. The summed E-state index contributed by atoms with van der Waals surface area (Å²) in [6.07, 6.45) is 0. The standard InChI is InChI=1S/C32H35NO7/c1-32(2,3)23-16-21(11-14-24(23)38-5)29(34)27-28(20-10-15-25(39-6)26(17-20)40-7)33(31(36)30(27)35)18-19-8-12-22(37-4)13-9-19/h8-17,28,34H,18H2,1-7H3/b29-27+. The van der Waals surface area contributed by atoms with Crippen molar-refractivity contribution in [2.45, 2.75) is 38.8 Å². The molecule has 3 aromatic rings. The summed E-state index contributed by atoms with van der Waals surface area (Å²) in [6.45, 7) is 6.24. The molecule has 0 aromatic heterocycles. The van der Waals surface area contributed by atoms with Gasteiger partial charge >= 0.3 is 0 Å². The van der Waals surface area contributed by atoms with Gasteiger partial charge < -0.3 is 29.0 Å². The molecule has 1 atom stereocenters. The zero-order valence-corrected chi connectivity index (χ0v) is 23.9. The van der Waals surface area contributed by atoms with Crippen LogP contribution in [0.5, 0.6) is 23.0 Å². The first kappa shape index (κ1) is 28.5. The van der Waals surface area contributed by atoms with Gasteiger partial charge in [-0.15, -0.1) is 0 Å². The fourth-order valence-electron chi connectivity index (χ4n) is 4.94. The minimum Gasteiger partial charge on any atom is -0.507 e. The lowest BCUT2D eigenvalue weighted by molar-refractivity contribution is -0.140. The molecule has 4 rings (SSSR count). The molecule has 0 saturated carbocycles. The smallest absolute Gasteiger partial charge is 0.295 e. The van der Waals surface area contributed by atoms with Crippen molar-refractivity contribution in [3.8, 4) is 23.0 Å². The van der Waals surface area contributed by atoms with Gasteiger partial charge in [-0.05, 0) is 59.0 Å². The summed E-state index contributed by atoms with van der Waals surface area (Å²) in [5, 5.41) is 11.6. The largest absolute Gasteiger partial charge is 0.507 e. The van der Waals surface area contributed by atoms with Crippen molar-refractivity contribution in [1.29, 1.82) is 0 Å². The van der Waals surface area contributed by atoms with Crippen molar-refractivity contribution in [2.75, 3.05) is 28.4 Å². The topological polar surface area (TPSA) is 94.5 Å². The highest BCUT2D eigenvalue weighted by Crippen LogP contribution is 2.43. The van der Waals surface area contributed by atoms with Gasteiger partial charge in [0.2, 0.25) is 0 Å². The molecule has 1 N–H and O–H groups in total. The number of carbonyl (C=O) groups excluding carboxylic acids is 2. The van der Waals surface area contributed by atoms with Crippen LogP contribution in [-0.2, 0) is 21.5 Å². The lowest BCUT2D eigenvalue weighted by Gasteiger charge is -2.26. The number of nitrogens with zero attached hydrogens (tertiary/aromatic N) is 1. The van der Waals surface area contributed by atoms with Gasteiger partial charge in [-0.3, -0.25) is 9.59 Å². The number of carbonyl (C=O) groups is 2. The maximum Gasteiger partial charge on any atom is 0.295 e. The molecule has 210 valence electrons. The molecular weight excluding hydrogens is 510 g/mol. The molecule has 8 nitrogen and oxygen atoms in total. The van der Waals surface area contributed by atoms with Crippen LogP contribution < -0.4 is 18.9 Å². The van der Waals surface area contributed by atoms with E-state index in [1.54, 1.807) is 62.8 Å². The van der Waals surface area contributed by atoms with Crippen LogP contribution >= 0.6 is 0 Å². The van der Waals surface area contributed by atoms with Gasteiger partial charge in [0, 0.05) is 17.7 Å². The van der Waals surface area contributed by atoms with E-state index in [0.29, 0.717) is 34.1 Å². The Balaban J connectivity index is 1.91. The molecule has 1 saturated heterocycles. The molecule has 1 aliphatic rings. The number of aliphatic hydroxyl groups excluding tert-OH is 1. The van der Waals surface area contributed by atoms with E-state index in [9.17, 15) is 14.7 Å². The number of likely N-dealkylation sites (tertiary alicyclic amines) is 1. The summed E-state index contributed by atoms with van der Waals surface area (Å²) in [7, 11) is 6.21. The van der Waals surface area contributed by atoms with Crippen LogP contribution in [0.2, 0.25) is 0 Å². The number of methoxy groups -OCH3 is 4. The van der Waals surface area contributed by atoms with Crippen molar-refractivity contribution in [2.24, 2.45) is 0 Å². The molecule has 1 aliphatic heterocycles. The Morgan fingerprint density at radius 2 is 1.43 bits per heavy atom. The Morgan fingerprint density at radius 1 is 0.800 bits per heavy atom. The fraction of sp³-hybridized carbons (Fsp3) is 0.312. The number of Topliss-reactive ketones (excluding diaryl/α,β-unsaturated/α-hetero) is 1.